The number of ether oxygens (including phenoxy) is 1. The highest BCUT2D eigenvalue weighted by Gasteiger charge is 2.39. The largest absolute Gasteiger partial charge is 0.369 e. The maximum atomic E-state index is 13.3. The predicted molar refractivity (Wildman–Crippen MR) is 156 cm³/mol. The van der Waals surface area contributed by atoms with Crippen molar-refractivity contribution in [2.45, 2.75) is 102 Å². The third kappa shape index (κ3) is 5.51. The maximum Gasteiger partial charge on any atom is 0.278 e. The molecule has 4 heterocycles. The molecule has 3 aliphatic rings. The minimum Gasteiger partial charge on any atom is -0.369 e. The molecule has 1 aliphatic heterocycles. The number of piperidine rings is 1. The fourth-order valence-electron chi connectivity index (χ4n) is 6.63. The van der Waals surface area contributed by atoms with Gasteiger partial charge >= 0.3 is 0 Å². The Morgan fingerprint density at radius 1 is 1.18 bits per heavy atom. The molecule has 0 spiro atoms. The first-order chi connectivity index (χ1) is 19.2. The standard InChI is InChI=1S/C29H40N8O2S/c1-28(2)14-18-15-31-26(30)33-22(18)23-21(28)24(36-35-23)25(38)34-27-32-19(17-40-27)16-39-29(3)10-12-37(13-11-29)20-8-6-4-5-7-9-20/h15,17,20H,4-14,16H2,1-3H3,(H,35,36)(H2,30,31,33)(H,32,34,38). The number of nitrogens with one attached hydrogen (secondary N) is 2. The Hall–Kier alpha value is -2.89. The van der Waals surface area contributed by atoms with Crippen LogP contribution in [0.3, 0.4) is 0 Å². The highest BCUT2D eigenvalue weighted by molar-refractivity contribution is 7.14. The van der Waals surface area contributed by atoms with Gasteiger partial charge in [0.25, 0.3) is 5.91 Å². The zero-order valence-electron chi connectivity index (χ0n) is 23.8. The minimum absolute atomic E-state index is 0.142. The van der Waals surface area contributed by atoms with Gasteiger partial charge in [-0.3, -0.25) is 15.2 Å². The molecule has 10 nitrogen and oxygen atoms in total. The number of hydrogen-bond donors (Lipinski definition) is 3. The van der Waals surface area contributed by atoms with Crippen molar-refractivity contribution in [2.75, 3.05) is 24.1 Å². The summed E-state index contributed by atoms with van der Waals surface area (Å²) in [7, 11) is 0. The third-order valence-electron chi connectivity index (χ3n) is 8.95. The van der Waals surface area contributed by atoms with Crippen LogP contribution in [0.5, 0.6) is 0 Å². The number of amides is 1. The second kappa shape index (κ2) is 10.8. The Morgan fingerprint density at radius 3 is 2.67 bits per heavy atom. The van der Waals surface area contributed by atoms with Gasteiger partial charge in [-0.05, 0) is 50.0 Å². The summed E-state index contributed by atoms with van der Waals surface area (Å²) in [6.45, 7) is 9.07. The molecule has 1 saturated carbocycles. The number of H-pyrrole nitrogens is 1. The molecule has 1 amide bonds. The Labute approximate surface area is 239 Å². The molecule has 40 heavy (non-hydrogen) atoms. The van der Waals surface area contributed by atoms with Crippen molar-refractivity contribution in [1.29, 1.82) is 0 Å². The van der Waals surface area contributed by atoms with Crippen LogP contribution in [0, 0.1) is 0 Å². The van der Waals surface area contributed by atoms with Crippen LogP contribution >= 0.6 is 11.3 Å². The van der Waals surface area contributed by atoms with E-state index in [1.807, 2.05) is 5.38 Å². The van der Waals surface area contributed by atoms with E-state index >= 15 is 0 Å². The van der Waals surface area contributed by atoms with Gasteiger partial charge in [-0.15, -0.1) is 11.3 Å². The number of nitrogens with zero attached hydrogens (tertiary/aromatic N) is 5. The number of rotatable bonds is 6. The zero-order chi connectivity index (χ0) is 27.9. The highest BCUT2D eigenvalue weighted by Crippen LogP contribution is 2.43. The molecule has 1 saturated heterocycles. The normalized spacial score (nSPS) is 20.9. The SMILES string of the molecule is CC1(OCc2csc(NC(=O)c3n[nH]c4c3C(C)(C)Cc3cnc(N)nc3-4)n2)CCN(C2CCCCCC2)CC1. The summed E-state index contributed by atoms with van der Waals surface area (Å²) in [6, 6.07) is 0.753. The van der Waals surface area contributed by atoms with E-state index in [-0.39, 0.29) is 22.9 Å². The quantitative estimate of drug-likeness (QED) is 0.353. The topological polar surface area (TPSA) is 135 Å². The van der Waals surface area contributed by atoms with Crippen LogP contribution < -0.4 is 11.1 Å². The van der Waals surface area contributed by atoms with Crippen LogP contribution in [0.2, 0.25) is 0 Å². The lowest BCUT2D eigenvalue weighted by atomic mass is 9.73. The molecule has 0 bridgehead atoms. The van der Waals surface area contributed by atoms with Gasteiger partial charge in [0.15, 0.2) is 10.8 Å². The van der Waals surface area contributed by atoms with Crippen LogP contribution in [-0.2, 0) is 23.2 Å². The summed E-state index contributed by atoms with van der Waals surface area (Å²) < 4.78 is 6.42. The smallest absolute Gasteiger partial charge is 0.278 e. The Morgan fingerprint density at radius 2 is 1.93 bits per heavy atom. The number of hydrogen-bond acceptors (Lipinski definition) is 9. The molecule has 11 heteroatoms. The molecule has 4 N–H and O–H groups in total. The number of aromatic nitrogens is 5. The van der Waals surface area contributed by atoms with Crippen LogP contribution in [0.15, 0.2) is 11.6 Å². The Kier molecular flexibility index (Phi) is 7.39. The Balaban J connectivity index is 1.07. The lowest BCUT2D eigenvalue weighted by molar-refractivity contribution is -0.0870. The van der Waals surface area contributed by atoms with Crippen molar-refractivity contribution in [2.24, 2.45) is 0 Å². The van der Waals surface area contributed by atoms with Gasteiger partial charge in [0, 0.05) is 36.3 Å². The molecule has 0 unspecified atom stereocenters. The zero-order valence-corrected chi connectivity index (χ0v) is 24.6. The lowest BCUT2D eigenvalue weighted by Crippen LogP contribution is -2.48. The van der Waals surface area contributed by atoms with Crippen molar-refractivity contribution in [3.8, 4) is 11.4 Å². The van der Waals surface area contributed by atoms with Gasteiger partial charge in [-0.1, -0.05) is 39.5 Å². The predicted octanol–water partition coefficient (Wildman–Crippen LogP) is 5.09. The van der Waals surface area contributed by atoms with Crippen molar-refractivity contribution in [3.05, 3.63) is 34.1 Å². The van der Waals surface area contributed by atoms with Gasteiger partial charge in [-0.25, -0.2) is 15.0 Å². The molecule has 6 rings (SSSR count). The van der Waals surface area contributed by atoms with E-state index in [0.717, 1.165) is 54.5 Å². The summed E-state index contributed by atoms with van der Waals surface area (Å²) in [5, 5.41) is 12.9. The van der Waals surface area contributed by atoms with Gasteiger partial charge in [0.2, 0.25) is 5.95 Å². The monoisotopic (exact) mass is 564 g/mol. The number of likely N-dealkylation sites (tertiary alicyclic amines) is 1. The number of fused-ring (bicyclic) bond motifs is 3. The first-order valence-corrected chi connectivity index (χ1v) is 15.4. The molecule has 3 aromatic rings. The summed E-state index contributed by atoms with van der Waals surface area (Å²) >= 11 is 1.40. The molecule has 0 aromatic carbocycles. The van der Waals surface area contributed by atoms with Crippen LogP contribution in [0.4, 0.5) is 11.1 Å². The average molecular weight is 565 g/mol. The number of carbonyl (C=O) groups excluding carboxylic acids is 1. The van der Waals surface area contributed by atoms with Crippen molar-refractivity contribution in [1.82, 2.24) is 30.0 Å². The van der Waals surface area contributed by atoms with E-state index in [2.05, 4.69) is 56.1 Å². The second-order valence-corrected chi connectivity index (χ2v) is 13.4. The summed E-state index contributed by atoms with van der Waals surface area (Å²) in [5.41, 5.74) is 9.80. The second-order valence-electron chi connectivity index (χ2n) is 12.5. The molecular weight excluding hydrogens is 524 g/mol. The van der Waals surface area contributed by atoms with Gasteiger partial charge in [-0.2, -0.15) is 5.10 Å². The number of carbonyl (C=O) groups is 1. The molecule has 0 radical (unpaired) electrons. The minimum atomic E-state index is -0.329. The van der Waals surface area contributed by atoms with Crippen molar-refractivity contribution in [3.63, 3.8) is 0 Å². The van der Waals surface area contributed by atoms with E-state index in [1.54, 1.807) is 6.20 Å². The van der Waals surface area contributed by atoms with Crippen LogP contribution in [0.1, 0.15) is 99.4 Å². The van der Waals surface area contributed by atoms with E-state index in [9.17, 15) is 4.79 Å². The number of aromatic amines is 1. The molecule has 2 fully saturated rings. The lowest BCUT2D eigenvalue weighted by Gasteiger charge is -2.42. The van der Waals surface area contributed by atoms with E-state index < -0.39 is 0 Å². The average Bonchev–Trinajstić information content (AvgIpc) is 3.49. The molecule has 3 aromatic heterocycles. The molecule has 2 aliphatic carbocycles. The fourth-order valence-corrected chi connectivity index (χ4v) is 7.32. The van der Waals surface area contributed by atoms with Gasteiger partial charge < -0.3 is 15.4 Å². The maximum absolute atomic E-state index is 13.3. The summed E-state index contributed by atoms with van der Waals surface area (Å²) in [6.07, 6.45) is 12.7. The van der Waals surface area contributed by atoms with E-state index in [0.29, 0.717) is 29.5 Å². The molecule has 214 valence electrons. The van der Waals surface area contributed by atoms with E-state index in [1.165, 1.54) is 49.9 Å². The van der Waals surface area contributed by atoms with Crippen molar-refractivity contribution < 1.29 is 9.53 Å². The summed E-state index contributed by atoms with van der Waals surface area (Å²) in [4.78, 5) is 29.2. The fraction of sp³-hybridized carbons (Fsp3) is 0.621. The number of thiazole rings is 1. The summed E-state index contributed by atoms with van der Waals surface area (Å²) in [5.74, 6) is -0.0997. The van der Waals surface area contributed by atoms with Crippen molar-refractivity contribution >= 4 is 28.3 Å². The number of anilines is 2. The van der Waals surface area contributed by atoms with Gasteiger partial charge in [0.05, 0.1) is 29.3 Å². The Bertz CT molecular complexity index is 1370. The van der Waals surface area contributed by atoms with Crippen LogP contribution in [-0.4, -0.2) is 60.7 Å². The van der Waals surface area contributed by atoms with Gasteiger partial charge in [0.1, 0.15) is 0 Å². The highest BCUT2D eigenvalue weighted by atomic mass is 32.1. The third-order valence-corrected chi connectivity index (χ3v) is 9.75. The molecule has 0 atom stereocenters. The first-order valence-electron chi connectivity index (χ1n) is 14.6. The number of nitrogen functional groups attached to an aromatic ring is 1. The van der Waals surface area contributed by atoms with E-state index in [4.69, 9.17) is 10.5 Å². The number of nitrogens with two attached hydrogens (primary N) is 1. The first kappa shape index (κ1) is 27.3. The molecular formula is C29H40N8O2S. The van der Waals surface area contributed by atoms with Crippen LogP contribution in [0.25, 0.3) is 11.4 Å².